The van der Waals surface area contributed by atoms with Gasteiger partial charge in [-0.05, 0) is 43.2 Å². The maximum atomic E-state index is 11.6. The van der Waals surface area contributed by atoms with Gasteiger partial charge < -0.3 is 14.5 Å². The van der Waals surface area contributed by atoms with E-state index in [1.807, 2.05) is 43.3 Å². The largest absolute Gasteiger partial charge is 0.484 e. The molecule has 106 valence electrons. The standard InChI is InChI=1S/C16H19NO3/c1-13-5-2-6-15(11-13)20-12-16(18)17-9-3-7-14-8-4-10-19-14/h2,4-6,8,10-11H,3,7,9,12H2,1H3,(H,17,18). The maximum Gasteiger partial charge on any atom is 0.257 e. The summed E-state index contributed by atoms with van der Waals surface area (Å²) in [5.74, 6) is 1.55. The highest BCUT2D eigenvalue weighted by Crippen LogP contribution is 2.11. The Bertz CT molecular complexity index is 534. The van der Waals surface area contributed by atoms with Gasteiger partial charge in [0.1, 0.15) is 11.5 Å². The van der Waals surface area contributed by atoms with Crippen LogP contribution in [0.5, 0.6) is 5.75 Å². The summed E-state index contributed by atoms with van der Waals surface area (Å²) < 4.78 is 10.6. The van der Waals surface area contributed by atoms with Gasteiger partial charge in [-0.25, -0.2) is 0 Å². The van der Waals surface area contributed by atoms with E-state index >= 15 is 0 Å². The second kappa shape index (κ2) is 7.38. The zero-order chi connectivity index (χ0) is 14.2. The van der Waals surface area contributed by atoms with E-state index in [2.05, 4.69) is 5.32 Å². The number of aryl methyl sites for hydroxylation is 2. The molecule has 1 aromatic carbocycles. The highest BCUT2D eigenvalue weighted by molar-refractivity contribution is 5.77. The predicted molar refractivity (Wildman–Crippen MR) is 76.7 cm³/mol. The molecule has 0 bridgehead atoms. The molecule has 0 aliphatic heterocycles. The van der Waals surface area contributed by atoms with E-state index in [1.165, 1.54) is 0 Å². The molecular weight excluding hydrogens is 254 g/mol. The van der Waals surface area contributed by atoms with Gasteiger partial charge in [0.15, 0.2) is 6.61 Å². The Kier molecular flexibility index (Phi) is 5.24. The lowest BCUT2D eigenvalue weighted by Crippen LogP contribution is -2.29. The van der Waals surface area contributed by atoms with Gasteiger partial charge in [0, 0.05) is 13.0 Å². The zero-order valence-electron chi connectivity index (χ0n) is 11.6. The maximum absolute atomic E-state index is 11.6. The number of benzene rings is 1. The summed E-state index contributed by atoms with van der Waals surface area (Å²) in [6, 6.07) is 11.4. The van der Waals surface area contributed by atoms with Crippen molar-refractivity contribution in [2.75, 3.05) is 13.2 Å². The van der Waals surface area contributed by atoms with Gasteiger partial charge in [0.05, 0.1) is 6.26 Å². The predicted octanol–water partition coefficient (Wildman–Crippen LogP) is 2.72. The molecule has 20 heavy (non-hydrogen) atoms. The molecule has 0 fully saturated rings. The minimum absolute atomic E-state index is 0.0458. The minimum Gasteiger partial charge on any atom is -0.484 e. The molecule has 1 aromatic heterocycles. The van der Waals surface area contributed by atoms with Gasteiger partial charge in [-0.2, -0.15) is 0 Å². The first-order chi connectivity index (χ1) is 9.74. The van der Waals surface area contributed by atoms with Crippen LogP contribution in [0, 0.1) is 6.92 Å². The molecule has 0 atom stereocenters. The summed E-state index contributed by atoms with van der Waals surface area (Å²) in [4.78, 5) is 11.6. The number of hydrogen-bond donors (Lipinski definition) is 1. The molecule has 0 spiro atoms. The smallest absolute Gasteiger partial charge is 0.257 e. The van der Waals surface area contributed by atoms with E-state index < -0.39 is 0 Å². The van der Waals surface area contributed by atoms with Crippen LogP contribution >= 0.6 is 0 Å². The molecule has 0 saturated heterocycles. The lowest BCUT2D eigenvalue weighted by molar-refractivity contribution is -0.123. The number of furan rings is 1. The second-order valence-electron chi connectivity index (χ2n) is 4.64. The summed E-state index contributed by atoms with van der Waals surface area (Å²) in [5.41, 5.74) is 1.11. The molecule has 2 rings (SSSR count). The summed E-state index contributed by atoms with van der Waals surface area (Å²) >= 11 is 0. The average molecular weight is 273 g/mol. The molecule has 2 aromatic rings. The molecule has 1 amide bonds. The quantitative estimate of drug-likeness (QED) is 0.789. The fourth-order valence-corrected chi connectivity index (χ4v) is 1.85. The van der Waals surface area contributed by atoms with Crippen molar-refractivity contribution in [1.29, 1.82) is 0 Å². The molecule has 0 aliphatic carbocycles. The number of carbonyl (C=O) groups is 1. The summed E-state index contributed by atoms with van der Waals surface area (Å²) in [6.45, 7) is 2.66. The van der Waals surface area contributed by atoms with Crippen molar-refractivity contribution in [1.82, 2.24) is 5.32 Å². The van der Waals surface area contributed by atoms with Crippen LogP contribution in [0.15, 0.2) is 47.1 Å². The van der Waals surface area contributed by atoms with E-state index in [1.54, 1.807) is 6.26 Å². The highest BCUT2D eigenvalue weighted by atomic mass is 16.5. The van der Waals surface area contributed by atoms with Gasteiger partial charge in [-0.15, -0.1) is 0 Å². The Morgan fingerprint density at radius 2 is 2.20 bits per heavy atom. The second-order valence-corrected chi connectivity index (χ2v) is 4.64. The monoisotopic (exact) mass is 273 g/mol. The van der Waals surface area contributed by atoms with Crippen molar-refractivity contribution in [3.63, 3.8) is 0 Å². The van der Waals surface area contributed by atoms with E-state index in [0.717, 1.165) is 29.9 Å². The number of amides is 1. The third kappa shape index (κ3) is 4.80. The fourth-order valence-electron chi connectivity index (χ4n) is 1.85. The van der Waals surface area contributed by atoms with E-state index in [-0.39, 0.29) is 12.5 Å². The molecule has 0 saturated carbocycles. The molecule has 1 N–H and O–H groups in total. The molecule has 4 nitrogen and oxygen atoms in total. The number of rotatable bonds is 7. The van der Waals surface area contributed by atoms with Crippen LogP contribution in [0.3, 0.4) is 0 Å². The number of hydrogen-bond acceptors (Lipinski definition) is 3. The van der Waals surface area contributed by atoms with Crippen molar-refractivity contribution in [2.45, 2.75) is 19.8 Å². The van der Waals surface area contributed by atoms with Gasteiger partial charge in [0.2, 0.25) is 0 Å². The van der Waals surface area contributed by atoms with Crippen LogP contribution in [-0.4, -0.2) is 19.1 Å². The van der Waals surface area contributed by atoms with E-state index in [4.69, 9.17) is 9.15 Å². The van der Waals surface area contributed by atoms with E-state index in [0.29, 0.717) is 6.54 Å². The average Bonchev–Trinajstić information content (AvgIpc) is 2.95. The first kappa shape index (κ1) is 14.2. The molecule has 1 heterocycles. The van der Waals surface area contributed by atoms with E-state index in [9.17, 15) is 4.79 Å². The summed E-state index contributed by atoms with van der Waals surface area (Å²) in [6.07, 6.45) is 3.33. The van der Waals surface area contributed by atoms with Crippen molar-refractivity contribution < 1.29 is 13.9 Å². The van der Waals surface area contributed by atoms with Crippen LogP contribution < -0.4 is 10.1 Å². The molecule has 4 heteroatoms. The lowest BCUT2D eigenvalue weighted by Gasteiger charge is -2.07. The third-order valence-corrected chi connectivity index (χ3v) is 2.86. The number of ether oxygens (including phenoxy) is 1. The minimum atomic E-state index is -0.106. The number of carbonyl (C=O) groups excluding carboxylic acids is 1. The van der Waals surface area contributed by atoms with Gasteiger partial charge in [0.25, 0.3) is 5.91 Å². The Morgan fingerprint density at radius 1 is 1.30 bits per heavy atom. The lowest BCUT2D eigenvalue weighted by atomic mass is 10.2. The van der Waals surface area contributed by atoms with Crippen LogP contribution in [-0.2, 0) is 11.2 Å². The van der Waals surface area contributed by atoms with Gasteiger partial charge in [-0.1, -0.05) is 12.1 Å². The summed E-state index contributed by atoms with van der Waals surface area (Å²) in [5, 5.41) is 2.82. The summed E-state index contributed by atoms with van der Waals surface area (Å²) in [7, 11) is 0. The normalized spacial score (nSPS) is 10.2. The molecule has 0 radical (unpaired) electrons. The SMILES string of the molecule is Cc1cccc(OCC(=O)NCCCc2ccco2)c1. The Hall–Kier alpha value is -2.23. The molecule has 0 aliphatic rings. The first-order valence-electron chi connectivity index (χ1n) is 6.72. The highest BCUT2D eigenvalue weighted by Gasteiger charge is 2.03. The van der Waals surface area contributed by atoms with Gasteiger partial charge in [-0.3, -0.25) is 4.79 Å². The fraction of sp³-hybridized carbons (Fsp3) is 0.312. The van der Waals surface area contributed by atoms with Crippen molar-refractivity contribution in [3.8, 4) is 5.75 Å². The topological polar surface area (TPSA) is 51.5 Å². The van der Waals surface area contributed by atoms with Crippen molar-refractivity contribution in [3.05, 3.63) is 54.0 Å². The Balaban J connectivity index is 1.61. The third-order valence-electron chi connectivity index (χ3n) is 2.86. The van der Waals surface area contributed by atoms with Crippen LogP contribution in [0.25, 0.3) is 0 Å². The van der Waals surface area contributed by atoms with Crippen molar-refractivity contribution >= 4 is 5.91 Å². The van der Waals surface area contributed by atoms with Crippen LogP contribution in [0.1, 0.15) is 17.7 Å². The Labute approximate surface area is 118 Å². The zero-order valence-corrected chi connectivity index (χ0v) is 11.6. The van der Waals surface area contributed by atoms with Crippen LogP contribution in [0.4, 0.5) is 0 Å². The molecular formula is C16H19NO3. The Morgan fingerprint density at radius 3 is 2.95 bits per heavy atom. The van der Waals surface area contributed by atoms with Crippen molar-refractivity contribution in [2.24, 2.45) is 0 Å². The first-order valence-corrected chi connectivity index (χ1v) is 6.72. The number of nitrogens with one attached hydrogen (secondary N) is 1. The molecule has 0 unspecified atom stereocenters. The van der Waals surface area contributed by atoms with Gasteiger partial charge >= 0.3 is 0 Å². The van der Waals surface area contributed by atoms with Crippen LogP contribution in [0.2, 0.25) is 0 Å².